The predicted molar refractivity (Wildman–Crippen MR) is 105 cm³/mol. The van der Waals surface area contributed by atoms with Crippen LogP contribution in [0.1, 0.15) is 6.42 Å². The van der Waals surface area contributed by atoms with Crippen molar-refractivity contribution in [1.82, 2.24) is 0 Å². The summed E-state index contributed by atoms with van der Waals surface area (Å²) in [6.07, 6.45) is -3.61. The first-order valence-corrected chi connectivity index (χ1v) is 10.4. The van der Waals surface area contributed by atoms with Crippen molar-refractivity contribution in [1.29, 1.82) is 0 Å². The molecule has 3 rings (SSSR count). The fourth-order valence-electron chi connectivity index (χ4n) is 3.46. The predicted octanol–water partition coefficient (Wildman–Crippen LogP) is 5.68. The zero-order chi connectivity index (χ0) is 23.6. The minimum Gasteiger partial charge on any atom is -0.429 e. The Balaban J connectivity index is 1.98. The molecule has 0 radical (unpaired) electrons. The number of thioether (sulfide) groups is 1. The second-order valence-electron chi connectivity index (χ2n) is 6.95. The summed E-state index contributed by atoms with van der Waals surface area (Å²) < 4.78 is 97.7. The van der Waals surface area contributed by atoms with Gasteiger partial charge in [-0.25, -0.2) is 4.39 Å². The van der Waals surface area contributed by atoms with Gasteiger partial charge in [-0.2, -0.15) is 26.3 Å². The first-order chi connectivity index (χ1) is 15.0. The van der Waals surface area contributed by atoms with Gasteiger partial charge in [-0.15, -0.1) is 11.8 Å². The molecule has 1 N–H and O–H groups in total. The molecule has 1 saturated heterocycles. The van der Waals surface area contributed by atoms with E-state index in [4.69, 9.17) is 0 Å². The van der Waals surface area contributed by atoms with E-state index in [9.17, 15) is 35.5 Å². The molecular weight excluding hydrogens is 465 g/mol. The Bertz CT molecular complexity index is 987. The van der Waals surface area contributed by atoms with E-state index in [1.807, 2.05) is 0 Å². The number of rotatable bonds is 6. The number of benzene rings is 2. The zero-order valence-corrected chi connectivity index (χ0v) is 17.2. The number of amides is 1. The quantitative estimate of drug-likeness (QED) is 0.425. The van der Waals surface area contributed by atoms with Gasteiger partial charge in [-0.1, -0.05) is 6.07 Å². The maximum absolute atomic E-state index is 14.2. The molecule has 1 amide bonds. The molecule has 0 saturated carbocycles. The maximum atomic E-state index is 14.2. The maximum Gasteiger partial charge on any atom is 0.393 e. The van der Waals surface area contributed by atoms with Crippen molar-refractivity contribution in [2.45, 2.75) is 30.1 Å². The summed E-state index contributed by atoms with van der Waals surface area (Å²) in [7, 11) is 0. The molecule has 32 heavy (non-hydrogen) atoms. The lowest BCUT2D eigenvalue weighted by atomic mass is 10.0. The highest BCUT2D eigenvalue weighted by Crippen LogP contribution is 2.43. The SMILES string of the molecule is CSc1cccc(NC(=O)C2CC(C(F)(F)F)CN2c2ccc(F)c(F)c2OC(F)F)c1. The van der Waals surface area contributed by atoms with Gasteiger partial charge in [0.05, 0.1) is 11.6 Å². The number of carbonyl (C=O) groups is 1. The van der Waals surface area contributed by atoms with Gasteiger partial charge in [0, 0.05) is 17.1 Å². The molecule has 1 heterocycles. The molecule has 0 aliphatic carbocycles. The van der Waals surface area contributed by atoms with Crippen molar-refractivity contribution in [3.05, 3.63) is 48.0 Å². The number of anilines is 2. The van der Waals surface area contributed by atoms with Gasteiger partial charge in [0.2, 0.25) is 11.7 Å². The van der Waals surface area contributed by atoms with E-state index >= 15 is 0 Å². The summed E-state index contributed by atoms with van der Waals surface area (Å²) in [4.78, 5) is 14.5. The minimum absolute atomic E-state index is 0.312. The number of alkyl halides is 5. The summed E-state index contributed by atoms with van der Waals surface area (Å²) in [5.41, 5.74) is -0.263. The Labute approximate surface area is 182 Å². The first-order valence-electron chi connectivity index (χ1n) is 9.22. The topological polar surface area (TPSA) is 41.6 Å². The van der Waals surface area contributed by atoms with Crippen molar-refractivity contribution in [2.24, 2.45) is 5.92 Å². The molecule has 1 fully saturated rings. The van der Waals surface area contributed by atoms with Gasteiger partial charge in [-0.05, 0) is 43.0 Å². The fourth-order valence-corrected chi connectivity index (χ4v) is 3.92. The number of ether oxygens (including phenoxy) is 1. The molecular formula is C20H17F7N2O2S. The standard InChI is InChI=1S/C20H17F7N2O2S/c1-32-12-4-2-3-11(8-12)28-18(30)15-7-10(20(25,26)27)9-29(15)14-6-5-13(21)16(22)17(14)31-19(23)24/h2-6,8,10,15,19H,7,9H2,1H3,(H,28,30). The van der Waals surface area contributed by atoms with Gasteiger partial charge in [-0.3, -0.25) is 4.79 Å². The summed E-state index contributed by atoms with van der Waals surface area (Å²) in [6.45, 7) is -4.38. The van der Waals surface area contributed by atoms with Crippen LogP contribution in [-0.2, 0) is 4.79 Å². The third-order valence-corrected chi connectivity index (χ3v) is 5.67. The molecule has 0 spiro atoms. The number of nitrogens with one attached hydrogen (secondary N) is 1. The van der Waals surface area contributed by atoms with Crippen LogP contribution in [0.3, 0.4) is 0 Å². The van der Waals surface area contributed by atoms with E-state index in [0.717, 1.165) is 15.9 Å². The average molecular weight is 482 g/mol. The van der Waals surface area contributed by atoms with Crippen LogP contribution in [0, 0.1) is 17.6 Å². The van der Waals surface area contributed by atoms with E-state index in [1.54, 1.807) is 24.5 Å². The molecule has 0 bridgehead atoms. The van der Waals surface area contributed by atoms with Crippen molar-refractivity contribution >= 4 is 29.0 Å². The van der Waals surface area contributed by atoms with E-state index < -0.39 is 66.7 Å². The van der Waals surface area contributed by atoms with E-state index in [2.05, 4.69) is 10.1 Å². The highest BCUT2D eigenvalue weighted by atomic mass is 32.2. The summed E-state index contributed by atoms with van der Waals surface area (Å²) in [5.74, 6) is -7.42. The van der Waals surface area contributed by atoms with E-state index in [-0.39, 0.29) is 0 Å². The van der Waals surface area contributed by atoms with Crippen molar-refractivity contribution < 1.29 is 40.3 Å². The second-order valence-corrected chi connectivity index (χ2v) is 7.83. The minimum atomic E-state index is -4.70. The van der Waals surface area contributed by atoms with Crippen LogP contribution in [0.5, 0.6) is 5.75 Å². The molecule has 1 aliphatic heterocycles. The lowest BCUT2D eigenvalue weighted by Gasteiger charge is -2.28. The number of nitrogens with zero attached hydrogens (tertiary/aromatic N) is 1. The smallest absolute Gasteiger partial charge is 0.393 e. The van der Waals surface area contributed by atoms with Crippen molar-refractivity contribution in [3.63, 3.8) is 0 Å². The monoisotopic (exact) mass is 482 g/mol. The van der Waals surface area contributed by atoms with E-state index in [1.165, 1.54) is 17.8 Å². The lowest BCUT2D eigenvalue weighted by Crippen LogP contribution is -2.40. The zero-order valence-electron chi connectivity index (χ0n) is 16.4. The van der Waals surface area contributed by atoms with Crippen LogP contribution in [0.15, 0.2) is 41.3 Å². The molecule has 174 valence electrons. The van der Waals surface area contributed by atoms with Gasteiger partial charge < -0.3 is 15.0 Å². The van der Waals surface area contributed by atoms with Crippen LogP contribution in [0.2, 0.25) is 0 Å². The number of hydrogen-bond donors (Lipinski definition) is 1. The molecule has 2 atom stereocenters. The lowest BCUT2D eigenvalue weighted by molar-refractivity contribution is -0.168. The Hall–Kier alpha value is -2.63. The highest BCUT2D eigenvalue weighted by Gasteiger charge is 2.50. The summed E-state index contributed by atoms with van der Waals surface area (Å²) >= 11 is 1.38. The number of halogens is 7. The molecule has 2 aromatic carbocycles. The summed E-state index contributed by atoms with van der Waals surface area (Å²) in [6, 6.07) is 6.41. The van der Waals surface area contributed by atoms with Gasteiger partial charge in [0.25, 0.3) is 0 Å². The molecule has 12 heteroatoms. The Morgan fingerprint density at radius 2 is 1.94 bits per heavy atom. The molecule has 2 unspecified atom stereocenters. The van der Waals surface area contributed by atoms with Crippen LogP contribution < -0.4 is 15.0 Å². The Morgan fingerprint density at radius 3 is 2.56 bits per heavy atom. The van der Waals surface area contributed by atoms with Crippen molar-refractivity contribution in [2.75, 3.05) is 23.0 Å². The molecule has 2 aromatic rings. The summed E-state index contributed by atoms with van der Waals surface area (Å²) in [5, 5.41) is 2.50. The Morgan fingerprint density at radius 1 is 1.22 bits per heavy atom. The van der Waals surface area contributed by atoms with Crippen LogP contribution in [0.25, 0.3) is 0 Å². The van der Waals surface area contributed by atoms with Crippen molar-refractivity contribution in [3.8, 4) is 5.75 Å². The average Bonchev–Trinajstić information content (AvgIpc) is 3.17. The largest absolute Gasteiger partial charge is 0.429 e. The molecule has 4 nitrogen and oxygen atoms in total. The van der Waals surface area contributed by atoms with Gasteiger partial charge in [0.1, 0.15) is 6.04 Å². The van der Waals surface area contributed by atoms with Crippen LogP contribution in [-0.4, -0.2) is 37.5 Å². The van der Waals surface area contributed by atoms with Gasteiger partial charge in [0.15, 0.2) is 11.6 Å². The number of hydrogen-bond acceptors (Lipinski definition) is 4. The first kappa shape index (κ1) is 24.0. The van der Waals surface area contributed by atoms with Gasteiger partial charge >= 0.3 is 12.8 Å². The van der Waals surface area contributed by atoms with Crippen LogP contribution in [0.4, 0.5) is 42.1 Å². The Kier molecular flexibility index (Phi) is 7.11. The normalized spacial score (nSPS) is 18.8. The molecule has 1 aliphatic rings. The number of carbonyl (C=O) groups excluding carboxylic acids is 1. The third-order valence-electron chi connectivity index (χ3n) is 4.95. The van der Waals surface area contributed by atoms with Crippen LogP contribution >= 0.6 is 11.8 Å². The fraction of sp³-hybridized carbons (Fsp3) is 0.350. The van der Waals surface area contributed by atoms with E-state index in [0.29, 0.717) is 11.8 Å². The third kappa shape index (κ3) is 5.22. The highest BCUT2D eigenvalue weighted by molar-refractivity contribution is 7.98. The molecule has 0 aromatic heterocycles. The second kappa shape index (κ2) is 9.47.